The van der Waals surface area contributed by atoms with Crippen LogP contribution in [0.15, 0.2) is 30.3 Å². The van der Waals surface area contributed by atoms with Gasteiger partial charge in [-0.05, 0) is 32.4 Å². The Labute approximate surface area is 96.2 Å². The van der Waals surface area contributed by atoms with Gasteiger partial charge in [0.25, 0.3) is 0 Å². The summed E-state index contributed by atoms with van der Waals surface area (Å²) in [5, 5.41) is 6.40. The molecule has 1 unspecified atom stereocenters. The zero-order valence-electron chi connectivity index (χ0n) is 9.79. The molecule has 1 saturated heterocycles. The van der Waals surface area contributed by atoms with Gasteiger partial charge in [-0.1, -0.05) is 18.2 Å². The molecule has 1 amide bonds. The Hall–Kier alpha value is -1.51. The molecule has 1 fully saturated rings. The molecule has 0 aromatic heterocycles. The van der Waals surface area contributed by atoms with Gasteiger partial charge in [0, 0.05) is 23.7 Å². The van der Waals surface area contributed by atoms with E-state index in [2.05, 4.69) is 24.5 Å². The first-order chi connectivity index (χ1) is 7.55. The van der Waals surface area contributed by atoms with Gasteiger partial charge >= 0.3 is 0 Å². The van der Waals surface area contributed by atoms with Gasteiger partial charge in [0.05, 0.1) is 0 Å². The molecule has 0 spiro atoms. The van der Waals surface area contributed by atoms with Gasteiger partial charge in [-0.15, -0.1) is 0 Å². The van der Waals surface area contributed by atoms with E-state index < -0.39 is 0 Å². The van der Waals surface area contributed by atoms with Crippen molar-refractivity contribution in [2.75, 3.05) is 5.32 Å². The van der Waals surface area contributed by atoms with Crippen molar-refractivity contribution in [2.24, 2.45) is 0 Å². The highest BCUT2D eigenvalue weighted by atomic mass is 16.1. The molecule has 0 aliphatic carbocycles. The minimum atomic E-state index is -0.109. The Morgan fingerprint density at radius 3 is 2.62 bits per heavy atom. The van der Waals surface area contributed by atoms with E-state index in [0.717, 1.165) is 12.1 Å². The summed E-state index contributed by atoms with van der Waals surface area (Å²) in [5.74, 6) is 0.129. The maximum Gasteiger partial charge on any atom is 0.222 e. The molecule has 2 rings (SSSR count). The summed E-state index contributed by atoms with van der Waals surface area (Å²) in [7, 11) is 0. The first kappa shape index (κ1) is 11.0. The van der Waals surface area contributed by atoms with E-state index in [1.807, 2.05) is 30.3 Å². The topological polar surface area (TPSA) is 41.1 Å². The van der Waals surface area contributed by atoms with E-state index in [4.69, 9.17) is 0 Å². The molecule has 0 saturated carbocycles. The lowest BCUT2D eigenvalue weighted by molar-refractivity contribution is -0.124. The van der Waals surface area contributed by atoms with Crippen LogP contribution in [0.1, 0.15) is 26.7 Å². The normalized spacial score (nSPS) is 23.6. The molecule has 1 aliphatic heterocycles. The third-order valence-electron chi connectivity index (χ3n) is 2.81. The van der Waals surface area contributed by atoms with E-state index in [1.165, 1.54) is 0 Å². The quantitative estimate of drug-likeness (QED) is 0.798. The Kier molecular flexibility index (Phi) is 2.86. The second-order valence-electron chi connectivity index (χ2n) is 5.05. The van der Waals surface area contributed by atoms with E-state index >= 15 is 0 Å². The number of hydrogen-bond donors (Lipinski definition) is 2. The Morgan fingerprint density at radius 1 is 1.31 bits per heavy atom. The van der Waals surface area contributed by atoms with Crippen LogP contribution in [0.5, 0.6) is 0 Å². The van der Waals surface area contributed by atoms with Gasteiger partial charge in [0.1, 0.15) is 0 Å². The Balaban J connectivity index is 2.03. The first-order valence-electron chi connectivity index (χ1n) is 5.68. The van der Waals surface area contributed by atoms with Gasteiger partial charge in [-0.2, -0.15) is 0 Å². The summed E-state index contributed by atoms with van der Waals surface area (Å²) in [6, 6.07) is 10.3. The van der Waals surface area contributed by atoms with Gasteiger partial charge in [0.15, 0.2) is 0 Å². The molecule has 1 heterocycles. The lowest BCUT2D eigenvalue weighted by atomic mass is 9.89. The predicted octanol–water partition coefficient (Wildman–Crippen LogP) is 2.16. The van der Waals surface area contributed by atoms with Crippen molar-refractivity contribution in [1.82, 2.24) is 5.32 Å². The summed E-state index contributed by atoms with van der Waals surface area (Å²) in [6.07, 6.45) is 1.51. The zero-order valence-corrected chi connectivity index (χ0v) is 9.79. The maximum atomic E-state index is 11.5. The van der Waals surface area contributed by atoms with Gasteiger partial charge in [-0.3, -0.25) is 4.79 Å². The molecule has 16 heavy (non-hydrogen) atoms. The number of benzene rings is 1. The zero-order chi connectivity index (χ0) is 11.6. The second-order valence-corrected chi connectivity index (χ2v) is 5.05. The molecular formula is C13H18N2O. The summed E-state index contributed by atoms with van der Waals surface area (Å²) in [5.41, 5.74) is 0.972. The SMILES string of the molecule is CC1(C)CC(Nc2ccccc2)CC(=O)N1. The van der Waals surface area contributed by atoms with E-state index in [1.54, 1.807) is 0 Å². The summed E-state index contributed by atoms with van der Waals surface area (Å²) < 4.78 is 0. The number of carbonyl (C=O) groups excluding carboxylic acids is 1. The lowest BCUT2D eigenvalue weighted by Gasteiger charge is -2.36. The standard InChI is InChI=1S/C13H18N2O/c1-13(2)9-11(8-12(16)15-13)14-10-6-4-3-5-7-10/h3-7,11,14H,8-9H2,1-2H3,(H,15,16). The van der Waals surface area contributed by atoms with Crippen LogP contribution < -0.4 is 10.6 Å². The number of piperidine rings is 1. The predicted molar refractivity (Wildman–Crippen MR) is 65.3 cm³/mol. The molecule has 1 aromatic carbocycles. The molecular weight excluding hydrogens is 200 g/mol. The number of nitrogens with one attached hydrogen (secondary N) is 2. The molecule has 86 valence electrons. The van der Waals surface area contributed by atoms with E-state index in [0.29, 0.717) is 6.42 Å². The number of anilines is 1. The fourth-order valence-corrected chi connectivity index (χ4v) is 2.26. The summed E-state index contributed by atoms with van der Waals surface area (Å²) in [4.78, 5) is 11.5. The molecule has 1 aromatic rings. The Bertz CT molecular complexity index is 373. The van der Waals surface area contributed by atoms with Crippen molar-refractivity contribution in [1.29, 1.82) is 0 Å². The smallest absolute Gasteiger partial charge is 0.222 e. The fourth-order valence-electron chi connectivity index (χ4n) is 2.26. The molecule has 1 aliphatic rings. The first-order valence-corrected chi connectivity index (χ1v) is 5.68. The van der Waals surface area contributed by atoms with Crippen molar-refractivity contribution >= 4 is 11.6 Å². The molecule has 3 nitrogen and oxygen atoms in total. The fraction of sp³-hybridized carbons (Fsp3) is 0.462. The highest BCUT2D eigenvalue weighted by molar-refractivity contribution is 5.79. The molecule has 0 radical (unpaired) electrons. The minimum absolute atomic E-state index is 0.109. The average Bonchev–Trinajstić information content (AvgIpc) is 2.15. The lowest BCUT2D eigenvalue weighted by Crippen LogP contribution is -2.53. The van der Waals surface area contributed by atoms with Crippen LogP contribution in [0, 0.1) is 0 Å². The number of para-hydroxylation sites is 1. The van der Waals surface area contributed by atoms with Crippen molar-refractivity contribution in [3.05, 3.63) is 30.3 Å². The van der Waals surface area contributed by atoms with Crippen molar-refractivity contribution in [3.8, 4) is 0 Å². The van der Waals surface area contributed by atoms with Crippen LogP contribution in [0.3, 0.4) is 0 Å². The monoisotopic (exact) mass is 218 g/mol. The minimum Gasteiger partial charge on any atom is -0.382 e. The Morgan fingerprint density at radius 2 is 2.00 bits per heavy atom. The highest BCUT2D eigenvalue weighted by Crippen LogP contribution is 2.22. The number of rotatable bonds is 2. The summed E-state index contributed by atoms with van der Waals surface area (Å²) >= 11 is 0. The number of carbonyl (C=O) groups is 1. The van der Waals surface area contributed by atoms with Crippen LogP contribution in [0.25, 0.3) is 0 Å². The number of hydrogen-bond acceptors (Lipinski definition) is 2. The number of amides is 1. The maximum absolute atomic E-state index is 11.5. The van der Waals surface area contributed by atoms with Gasteiger partial charge in [-0.25, -0.2) is 0 Å². The van der Waals surface area contributed by atoms with Crippen molar-refractivity contribution in [3.63, 3.8) is 0 Å². The third kappa shape index (κ3) is 2.75. The van der Waals surface area contributed by atoms with Gasteiger partial charge < -0.3 is 10.6 Å². The molecule has 3 heteroatoms. The van der Waals surface area contributed by atoms with Crippen LogP contribution in [0.2, 0.25) is 0 Å². The van der Waals surface area contributed by atoms with Crippen LogP contribution in [-0.2, 0) is 4.79 Å². The van der Waals surface area contributed by atoms with E-state index in [-0.39, 0.29) is 17.5 Å². The van der Waals surface area contributed by atoms with Crippen LogP contribution in [-0.4, -0.2) is 17.5 Å². The van der Waals surface area contributed by atoms with Crippen molar-refractivity contribution in [2.45, 2.75) is 38.3 Å². The molecule has 2 N–H and O–H groups in total. The summed E-state index contributed by atoms with van der Waals surface area (Å²) in [6.45, 7) is 4.12. The third-order valence-corrected chi connectivity index (χ3v) is 2.81. The van der Waals surface area contributed by atoms with E-state index in [9.17, 15) is 4.79 Å². The van der Waals surface area contributed by atoms with Crippen molar-refractivity contribution < 1.29 is 4.79 Å². The molecule has 0 bridgehead atoms. The van der Waals surface area contributed by atoms with Crippen LogP contribution >= 0.6 is 0 Å². The van der Waals surface area contributed by atoms with Crippen LogP contribution in [0.4, 0.5) is 5.69 Å². The molecule has 1 atom stereocenters. The van der Waals surface area contributed by atoms with Gasteiger partial charge in [0.2, 0.25) is 5.91 Å². The average molecular weight is 218 g/mol. The highest BCUT2D eigenvalue weighted by Gasteiger charge is 2.31. The second kappa shape index (κ2) is 4.16. The largest absolute Gasteiger partial charge is 0.382 e.